The van der Waals surface area contributed by atoms with Crippen molar-refractivity contribution >= 4 is 0 Å². The van der Waals surface area contributed by atoms with Gasteiger partial charge >= 0.3 is 0 Å². The molecule has 0 bridgehead atoms. The minimum Gasteiger partial charge on any atom is -0.496 e. The maximum Gasteiger partial charge on any atom is 0.123 e. The summed E-state index contributed by atoms with van der Waals surface area (Å²) in [5.41, 5.74) is 2.82. The molecule has 0 fully saturated rings. The Morgan fingerprint density at radius 3 is 2.52 bits per heavy atom. The lowest BCUT2D eigenvalue weighted by atomic mass is 10.1. The normalized spacial score (nSPS) is 12.2. The summed E-state index contributed by atoms with van der Waals surface area (Å²) in [6.07, 6.45) is -0.588. The second-order valence-corrected chi connectivity index (χ2v) is 5.00. The number of hydrogen-bond acceptors (Lipinski definition) is 3. The van der Waals surface area contributed by atoms with Crippen LogP contribution in [0.25, 0.3) is 0 Å². The Bertz CT molecular complexity index is 584. The van der Waals surface area contributed by atoms with E-state index >= 15 is 0 Å². The SMILES string of the molecule is COc1ccc(C(O)CNCc2ccc(F)cc2)cc1C. The molecule has 0 aliphatic rings. The molecule has 0 saturated heterocycles. The molecular formula is C17H20FNO2. The van der Waals surface area contributed by atoms with Crippen molar-refractivity contribution in [3.8, 4) is 5.75 Å². The highest BCUT2D eigenvalue weighted by atomic mass is 19.1. The standard InChI is InChI=1S/C17H20FNO2/c1-12-9-14(5-8-17(12)21-2)16(20)11-19-10-13-3-6-15(18)7-4-13/h3-9,16,19-20H,10-11H2,1-2H3. The highest BCUT2D eigenvalue weighted by Gasteiger charge is 2.09. The summed E-state index contributed by atoms with van der Waals surface area (Å²) in [6.45, 7) is 2.97. The Labute approximate surface area is 124 Å². The van der Waals surface area contributed by atoms with Crippen LogP contribution in [-0.2, 0) is 6.54 Å². The first-order valence-electron chi connectivity index (χ1n) is 6.88. The monoisotopic (exact) mass is 289 g/mol. The molecule has 4 heteroatoms. The van der Waals surface area contributed by atoms with E-state index in [0.29, 0.717) is 13.1 Å². The number of ether oxygens (including phenoxy) is 1. The zero-order valence-corrected chi connectivity index (χ0v) is 12.3. The molecule has 0 heterocycles. The molecule has 112 valence electrons. The van der Waals surface area contributed by atoms with Gasteiger partial charge < -0.3 is 15.2 Å². The molecule has 1 unspecified atom stereocenters. The Kier molecular flexibility index (Phi) is 5.31. The molecule has 0 radical (unpaired) electrons. The summed E-state index contributed by atoms with van der Waals surface area (Å²) in [4.78, 5) is 0. The van der Waals surface area contributed by atoms with Crippen molar-refractivity contribution in [2.24, 2.45) is 0 Å². The maximum atomic E-state index is 12.8. The zero-order chi connectivity index (χ0) is 15.2. The van der Waals surface area contributed by atoms with Gasteiger partial charge in [-0.1, -0.05) is 18.2 Å². The first kappa shape index (κ1) is 15.5. The van der Waals surface area contributed by atoms with Crippen LogP contribution in [0.2, 0.25) is 0 Å². The molecule has 21 heavy (non-hydrogen) atoms. The molecule has 2 rings (SSSR count). The predicted octanol–water partition coefficient (Wildman–Crippen LogP) is 2.97. The van der Waals surface area contributed by atoms with Gasteiger partial charge in [-0.15, -0.1) is 0 Å². The molecular weight excluding hydrogens is 269 g/mol. The number of aliphatic hydroxyl groups excluding tert-OH is 1. The first-order chi connectivity index (χ1) is 10.1. The van der Waals surface area contributed by atoms with E-state index in [0.717, 1.165) is 22.4 Å². The van der Waals surface area contributed by atoms with Crippen LogP contribution in [0.5, 0.6) is 5.75 Å². The highest BCUT2D eigenvalue weighted by molar-refractivity contribution is 5.37. The Hall–Kier alpha value is -1.91. The lowest BCUT2D eigenvalue weighted by molar-refractivity contribution is 0.174. The predicted molar refractivity (Wildman–Crippen MR) is 80.8 cm³/mol. The molecule has 0 aromatic heterocycles. The van der Waals surface area contributed by atoms with Crippen molar-refractivity contribution < 1.29 is 14.2 Å². The smallest absolute Gasteiger partial charge is 0.123 e. The van der Waals surface area contributed by atoms with Gasteiger partial charge in [-0.05, 0) is 47.9 Å². The van der Waals surface area contributed by atoms with E-state index in [9.17, 15) is 9.50 Å². The summed E-state index contributed by atoms with van der Waals surface area (Å²) < 4.78 is 18.0. The molecule has 2 aromatic rings. The van der Waals surface area contributed by atoms with Gasteiger partial charge in [0.15, 0.2) is 0 Å². The van der Waals surface area contributed by atoms with Crippen LogP contribution in [0.3, 0.4) is 0 Å². The summed E-state index contributed by atoms with van der Waals surface area (Å²) in [5.74, 6) is 0.567. The number of methoxy groups -OCH3 is 1. The lowest BCUT2D eigenvalue weighted by Gasteiger charge is -2.14. The minimum atomic E-state index is -0.588. The van der Waals surface area contributed by atoms with Gasteiger partial charge in [0, 0.05) is 13.1 Å². The van der Waals surface area contributed by atoms with Crippen molar-refractivity contribution in [1.82, 2.24) is 5.32 Å². The van der Waals surface area contributed by atoms with Gasteiger partial charge in [0.05, 0.1) is 13.2 Å². The van der Waals surface area contributed by atoms with Gasteiger partial charge in [0.1, 0.15) is 11.6 Å². The van der Waals surface area contributed by atoms with E-state index in [2.05, 4.69) is 5.32 Å². The Balaban J connectivity index is 1.88. The van der Waals surface area contributed by atoms with Crippen LogP contribution < -0.4 is 10.1 Å². The summed E-state index contributed by atoms with van der Waals surface area (Å²) in [7, 11) is 1.63. The molecule has 0 spiro atoms. The number of aryl methyl sites for hydroxylation is 1. The third kappa shape index (κ3) is 4.28. The van der Waals surface area contributed by atoms with Gasteiger partial charge in [0.2, 0.25) is 0 Å². The third-order valence-corrected chi connectivity index (χ3v) is 3.38. The summed E-state index contributed by atoms with van der Waals surface area (Å²) in [5, 5.41) is 13.3. The first-order valence-corrected chi connectivity index (χ1v) is 6.88. The average Bonchev–Trinajstić information content (AvgIpc) is 2.49. The van der Waals surface area contributed by atoms with Crippen molar-refractivity contribution in [2.75, 3.05) is 13.7 Å². The van der Waals surface area contributed by atoms with Crippen LogP contribution in [0, 0.1) is 12.7 Å². The van der Waals surface area contributed by atoms with Crippen molar-refractivity contribution in [3.63, 3.8) is 0 Å². The summed E-state index contributed by atoms with van der Waals surface area (Å²) in [6, 6.07) is 12.0. The zero-order valence-electron chi connectivity index (χ0n) is 12.3. The molecule has 2 aromatic carbocycles. The van der Waals surface area contributed by atoms with E-state index in [1.165, 1.54) is 12.1 Å². The number of aliphatic hydroxyl groups is 1. The minimum absolute atomic E-state index is 0.243. The highest BCUT2D eigenvalue weighted by Crippen LogP contribution is 2.22. The van der Waals surface area contributed by atoms with Gasteiger partial charge in [0.25, 0.3) is 0 Å². The van der Waals surface area contributed by atoms with E-state index in [-0.39, 0.29) is 5.82 Å². The average molecular weight is 289 g/mol. The maximum absolute atomic E-state index is 12.8. The van der Waals surface area contributed by atoms with Crippen LogP contribution >= 0.6 is 0 Å². The summed E-state index contributed by atoms with van der Waals surface area (Å²) >= 11 is 0. The van der Waals surface area contributed by atoms with E-state index in [4.69, 9.17) is 4.74 Å². The van der Waals surface area contributed by atoms with Crippen molar-refractivity contribution in [2.45, 2.75) is 19.6 Å². The fourth-order valence-electron chi connectivity index (χ4n) is 2.18. The van der Waals surface area contributed by atoms with Crippen LogP contribution in [0.4, 0.5) is 4.39 Å². The van der Waals surface area contributed by atoms with Gasteiger partial charge in [-0.25, -0.2) is 4.39 Å². The van der Waals surface area contributed by atoms with Crippen molar-refractivity contribution in [3.05, 3.63) is 65.0 Å². The van der Waals surface area contributed by atoms with Crippen LogP contribution in [0.15, 0.2) is 42.5 Å². The van der Waals surface area contributed by atoms with Crippen molar-refractivity contribution in [1.29, 1.82) is 0 Å². The Morgan fingerprint density at radius 2 is 1.90 bits per heavy atom. The topological polar surface area (TPSA) is 41.5 Å². The fourth-order valence-corrected chi connectivity index (χ4v) is 2.18. The number of nitrogens with one attached hydrogen (secondary N) is 1. The number of hydrogen-bond donors (Lipinski definition) is 2. The van der Waals surface area contributed by atoms with E-state index < -0.39 is 6.10 Å². The largest absolute Gasteiger partial charge is 0.496 e. The second-order valence-electron chi connectivity index (χ2n) is 5.00. The molecule has 0 aliphatic heterocycles. The van der Waals surface area contributed by atoms with Gasteiger partial charge in [-0.2, -0.15) is 0 Å². The molecule has 0 amide bonds. The van der Waals surface area contributed by atoms with E-state index in [1.54, 1.807) is 19.2 Å². The quantitative estimate of drug-likeness (QED) is 0.859. The molecule has 2 N–H and O–H groups in total. The van der Waals surface area contributed by atoms with Crippen LogP contribution in [-0.4, -0.2) is 18.8 Å². The molecule has 0 saturated carbocycles. The number of benzene rings is 2. The third-order valence-electron chi connectivity index (χ3n) is 3.38. The second kappa shape index (κ2) is 7.20. The molecule has 0 aliphatic carbocycles. The number of halogens is 1. The Morgan fingerprint density at radius 1 is 1.19 bits per heavy atom. The van der Waals surface area contributed by atoms with E-state index in [1.807, 2.05) is 25.1 Å². The van der Waals surface area contributed by atoms with Gasteiger partial charge in [-0.3, -0.25) is 0 Å². The molecule has 1 atom stereocenters. The lowest BCUT2D eigenvalue weighted by Crippen LogP contribution is -2.21. The number of rotatable bonds is 6. The fraction of sp³-hybridized carbons (Fsp3) is 0.294. The molecule has 3 nitrogen and oxygen atoms in total. The van der Waals surface area contributed by atoms with Crippen LogP contribution in [0.1, 0.15) is 22.8 Å².